The van der Waals surface area contributed by atoms with Crippen molar-refractivity contribution in [3.05, 3.63) is 27.5 Å². The molecular formula is C12H19N5S. The Morgan fingerprint density at radius 3 is 2.61 bits per heavy atom. The summed E-state index contributed by atoms with van der Waals surface area (Å²) >= 11 is 5.30. The molecule has 18 heavy (non-hydrogen) atoms. The van der Waals surface area contributed by atoms with Gasteiger partial charge in [0.25, 0.3) is 0 Å². The van der Waals surface area contributed by atoms with Crippen molar-refractivity contribution < 1.29 is 0 Å². The molecule has 0 aliphatic heterocycles. The molecule has 2 aromatic heterocycles. The third-order valence-electron chi connectivity index (χ3n) is 3.29. The Kier molecular flexibility index (Phi) is 3.65. The van der Waals surface area contributed by atoms with E-state index in [9.17, 15) is 0 Å². The van der Waals surface area contributed by atoms with Crippen LogP contribution in [0.2, 0.25) is 0 Å². The number of nitrogens with one attached hydrogen (secondary N) is 1. The minimum Gasteiger partial charge on any atom is -0.300 e. The van der Waals surface area contributed by atoms with E-state index in [1.807, 2.05) is 18.7 Å². The Labute approximate surface area is 112 Å². The fraction of sp³-hybridized carbons (Fsp3) is 0.583. The van der Waals surface area contributed by atoms with Gasteiger partial charge in [-0.1, -0.05) is 6.92 Å². The predicted molar refractivity (Wildman–Crippen MR) is 73.2 cm³/mol. The van der Waals surface area contributed by atoms with Gasteiger partial charge in [0, 0.05) is 24.7 Å². The van der Waals surface area contributed by atoms with Gasteiger partial charge < -0.3 is 0 Å². The van der Waals surface area contributed by atoms with Gasteiger partial charge >= 0.3 is 0 Å². The van der Waals surface area contributed by atoms with Crippen LogP contribution in [0.25, 0.3) is 0 Å². The van der Waals surface area contributed by atoms with Crippen molar-refractivity contribution in [2.75, 3.05) is 0 Å². The maximum Gasteiger partial charge on any atom is 0.195 e. The first-order valence-corrected chi connectivity index (χ1v) is 6.58. The van der Waals surface area contributed by atoms with Crippen molar-refractivity contribution in [1.82, 2.24) is 24.5 Å². The van der Waals surface area contributed by atoms with Gasteiger partial charge in [-0.3, -0.25) is 14.3 Å². The van der Waals surface area contributed by atoms with Crippen LogP contribution in [0.15, 0.2) is 0 Å². The standard InChI is InChI=1S/C12H19N5S/c1-5-6-11-13-14-12(18)17(11)7-10-8(2)15-16(4)9(10)3/h5-7H2,1-4H3,(H,14,18). The summed E-state index contributed by atoms with van der Waals surface area (Å²) < 4.78 is 4.66. The molecule has 0 aromatic carbocycles. The van der Waals surface area contributed by atoms with E-state index in [2.05, 4.69) is 33.7 Å². The molecule has 98 valence electrons. The molecule has 0 fully saturated rings. The van der Waals surface area contributed by atoms with E-state index < -0.39 is 0 Å². The number of H-pyrrole nitrogens is 1. The quantitative estimate of drug-likeness (QED) is 0.863. The predicted octanol–water partition coefficient (Wildman–Crippen LogP) is 2.29. The van der Waals surface area contributed by atoms with Crippen LogP contribution in [0.4, 0.5) is 0 Å². The van der Waals surface area contributed by atoms with Crippen molar-refractivity contribution in [2.24, 2.45) is 7.05 Å². The van der Waals surface area contributed by atoms with Gasteiger partial charge in [0.1, 0.15) is 5.82 Å². The summed E-state index contributed by atoms with van der Waals surface area (Å²) in [6.07, 6.45) is 2.00. The molecule has 0 saturated carbocycles. The van der Waals surface area contributed by atoms with Crippen molar-refractivity contribution in [1.29, 1.82) is 0 Å². The van der Waals surface area contributed by atoms with E-state index in [-0.39, 0.29) is 0 Å². The lowest BCUT2D eigenvalue weighted by atomic mass is 10.2. The maximum absolute atomic E-state index is 5.30. The average molecular weight is 265 g/mol. The van der Waals surface area contributed by atoms with Crippen molar-refractivity contribution in [2.45, 2.75) is 40.2 Å². The zero-order valence-electron chi connectivity index (χ0n) is 11.3. The number of hydrogen-bond donors (Lipinski definition) is 1. The Hall–Kier alpha value is -1.43. The first kappa shape index (κ1) is 13.0. The minimum absolute atomic E-state index is 0.682. The van der Waals surface area contributed by atoms with Gasteiger partial charge in [0.2, 0.25) is 0 Å². The van der Waals surface area contributed by atoms with E-state index in [4.69, 9.17) is 12.2 Å². The van der Waals surface area contributed by atoms with Gasteiger partial charge in [-0.25, -0.2) is 0 Å². The van der Waals surface area contributed by atoms with Gasteiger partial charge in [-0.15, -0.1) is 0 Å². The summed E-state index contributed by atoms with van der Waals surface area (Å²) in [5.74, 6) is 1.02. The number of aromatic amines is 1. The summed E-state index contributed by atoms with van der Waals surface area (Å²) in [6, 6.07) is 0. The largest absolute Gasteiger partial charge is 0.300 e. The van der Waals surface area contributed by atoms with Crippen LogP contribution in [0, 0.1) is 18.6 Å². The number of hydrogen-bond acceptors (Lipinski definition) is 3. The normalized spacial score (nSPS) is 11.1. The highest BCUT2D eigenvalue weighted by molar-refractivity contribution is 7.71. The van der Waals surface area contributed by atoms with Crippen LogP contribution in [0.3, 0.4) is 0 Å². The van der Waals surface area contributed by atoms with Crippen LogP contribution >= 0.6 is 12.2 Å². The fourth-order valence-corrected chi connectivity index (χ4v) is 2.35. The molecule has 0 aliphatic rings. The van der Waals surface area contributed by atoms with E-state index in [1.54, 1.807) is 0 Å². The average Bonchev–Trinajstić information content (AvgIpc) is 2.77. The Bertz CT molecular complexity index is 605. The maximum atomic E-state index is 5.30. The van der Waals surface area contributed by atoms with Gasteiger partial charge in [-0.05, 0) is 32.5 Å². The van der Waals surface area contributed by atoms with Crippen LogP contribution < -0.4 is 0 Å². The molecule has 0 saturated heterocycles. The molecule has 0 amide bonds. The minimum atomic E-state index is 0.682. The number of aryl methyl sites for hydroxylation is 3. The lowest BCUT2D eigenvalue weighted by Crippen LogP contribution is -2.07. The number of nitrogens with zero attached hydrogens (tertiary/aromatic N) is 4. The van der Waals surface area contributed by atoms with E-state index in [1.165, 1.54) is 11.3 Å². The molecule has 0 radical (unpaired) electrons. The molecule has 5 nitrogen and oxygen atoms in total. The molecule has 0 bridgehead atoms. The zero-order valence-corrected chi connectivity index (χ0v) is 12.1. The molecule has 1 N–H and O–H groups in total. The summed E-state index contributed by atoms with van der Waals surface area (Å²) in [6.45, 7) is 7.00. The fourth-order valence-electron chi connectivity index (χ4n) is 2.13. The van der Waals surface area contributed by atoms with Crippen LogP contribution in [-0.4, -0.2) is 24.5 Å². The van der Waals surface area contributed by atoms with Gasteiger partial charge in [0.05, 0.1) is 12.2 Å². The second-order valence-corrected chi connectivity index (χ2v) is 4.94. The molecule has 6 heteroatoms. The lowest BCUT2D eigenvalue weighted by molar-refractivity contribution is 0.690. The first-order chi connectivity index (χ1) is 8.54. The molecule has 0 spiro atoms. The molecule has 2 heterocycles. The van der Waals surface area contributed by atoms with E-state index in [0.29, 0.717) is 4.77 Å². The van der Waals surface area contributed by atoms with Crippen molar-refractivity contribution in [3.8, 4) is 0 Å². The van der Waals surface area contributed by atoms with Crippen LogP contribution in [-0.2, 0) is 20.0 Å². The summed E-state index contributed by atoms with van der Waals surface area (Å²) in [7, 11) is 1.97. The van der Waals surface area contributed by atoms with Crippen LogP contribution in [0.1, 0.15) is 36.1 Å². The Balaban J connectivity index is 2.39. The third-order valence-corrected chi connectivity index (χ3v) is 3.60. The molecule has 0 atom stereocenters. The van der Waals surface area contributed by atoms with Gasteiger partial charge in [0.15, 0.2) is 4.77 Å². The molecule has 2 rings (SSSR count). The SMILES string of the molecule is CCCc1n[nH]c(=S)n1Cc1c(C)nn(C)c1C. The molecular weight excluding hydrogens is 246 g/mol. The second kappa shape index (κ2) is 5.06. The highest BCUT2D eigenvalue weighted by Gasteiger charge is 2.13. The lowest BCUT2D eigenvalue weighted by Gasteiger charge is -2.06. The van der Waals surface area contributed by atoms with Crippen molar-refractivity contribution >= 4 is 12.2 Å². The molecule has 0 unspecified atom stereocenters. The first-order valence-electron chi connectivity index (χ1n) is 6.17. The van der Waals surface area contributed by atoms with Crippen LogP contribution in [0.5, 0.6) is 0 Å². The highest BCUT2D eigenvalue weighted by Crippen LogP contribution is 2.15. The third kappa shape index (κ3) is 2.25. The summed E-state index contributed by atoms with van der Waals surface area (Å²) in [5.41, 5.74) is 3.46. The Morgan fingerprint density at radius 1 is 1.33 bits per heavy atom. The zero-order chi connectivity index (χ0) is 13.3. The molecule has 2 aromatic rings. The van der Waals surface area contributed by atoms with Crippen molar-refractivity contribution in [3.63, 3.8) is 0 Å². The Morgan fingerprint density at radius 2 is 2.06 bits per heavy atom. The van der Waals surface area contributed by atoms with Gasteiger partial charge in [-0.2, -0.15) is 10.2 Å². The highest BCUT2D eigenvalue weighted by atomic mass is 32.1. The van der Waals surface area contributed by atoms with E-state index in [0.717, 1.165) is 30.9 Å². The topological polar surface area (TPSA) is 51.4 Å². The second-order valence-electron chi connectivity index (χ2n) is 4.55. The molecule has 0 aliphatic carbocycles. The summed E-state index contributed by atoms with van der Waals surface area (Å²) in [4.78, 5) is 0. The number of rotatable bonds is 4. The summed E-state index contributed by atoms with van der Waals surface area (Å²) in [5, 5.41) is 11.6. The van der Waals surface area contributed by atoms with E-state index >= 15 is 0 Å². The smallest absolute Gasteiger partial charge is 0.195 e. The monoisotopic (exact) mass is 265 g/mol. The number of aromatic nitrogens is 5.